The first-order valence-electron chi connectivity index (χ1n) is 20.6. The molecule has 1 saturated carbocycles. The molecular weight excluding hydrogens is 695 g/mol. The summed E-state index contributed by atoms with van der Waals surface area (Å²) in [4.78, 5) is 25.3. The normalized spacial score (nSPS) is 22.5. The van der Waals surface area contributed by atoms with E-state index >= 15 is 0 Å². The van der Waals surface area contributed by atoms with Gasteiger partial charge in [0.05, 0.1) is 58.2 Å². The van der Waals surface area contributed by atoms with Crippen LogP contribution in [0.1, 0.15) is 136 Å². The molecule has 0 saturated heterocycles. The molecule has 1 amide bonds. The Morgan fingerprint density at radius 2 is 1.47 bits per heavy atom. The van der Waals surface area contributed by atoms with Gasteiger partial charge in [-0.05, 0) is 44.4 Å². The number of unbranched alkanes of at least 4 members (excludes halogenated alkanes) is 12. The van der Waals surface area contributed by atoms with Gasteiger partial charge in [0.25, 0.3) is 7.82 Å². The van der Waals surface area contributed by atoms with Gasteiger partial charge in [0.2, 0.25) is 5.91 Å². The molecule has 310 valence electrons. The van der Waals surface area contributed by atoms with Crippen LogP contribution in [0.5, 0.6) is 0 Å². The molecule has 1 fully saturated rings. The van der Waals surface area contributed by atoms with Gasteiger partial charge in [-0.15, -0.1) is 0 Å². The van der Waals surface area contributed by atoms with E-state index in [1.807, 2.05) is 45.4 Å². The van der Waals surface area contributed by atoms with Crippen molar-refractivity contribution in [3.8, 4) is 0 Å². The summed E-state index contributed by atoms with van der Waals surface area (Å²) >= 11 is 0. The van der Waals surface area contributed by atoms with Crippen LogP contribution in [0.15, 0.2) is 36.5 Å². The zero-order chi connectivity index (χ0) is 39.5. The molecule has 0 aromatic carbocycles. The Balaban J connectivity index is 2.63. The molecule has 53 heavy (non-hydrogen) atoms. The number of aliphatic hydroxyl groups excluding tert-OH is 4. The van der Waals surface area contributed by atoms with Crippen molar-refractivity contribution in [2.75, 3.05) is 40.9 Å². The van der Waals surface area contributed by atoms with Gasteiger partial charge >= 0.3 is 0 Å². The first-order valence-corrected chi connectivity index (χ1v) is 22.1. The minimum atomic E-state index is -4.65. The highest BCUT2D eigenvalue weighted by molar-refractivity contribution is 7.45. The minimum absolute atomic E-state index is 0.0457. The van der Waals surface area contributed by atoms with E-state index in [0.29, 0.717) is 43.1 Å². The van der Waals surface area contributed by atoms with Gasteiger partial charge in [-0.3, -0.25) is 9.36 Å². The molecule has 0 aromatic rings. The summed E-state index contributed by atoms with van der Waals surface area (Å²) in [5.74, 6) is -0.728. The molecule has 0 spiro atoms. The molecule has 8 atom stereocenters. The van der Waals surface area contributed by atoms with Crippen LogP contribution in [0.4, 0.5) is 0 Å². The Kier molecular flexibility index (Phi) is 27.1. The number of likely N-dealkylation sites (N-methyl/N-ethyl adjacent to an activating group) is 1. The second kappa shape index (κ2) is 28.9. The maximum absolute atomic E-state index is 12.9. The van der Waals surface area contributed by atoms with Gasteiger partial charge in [-0.2, -0.15) is 0 Å². The van der Waals surface area contributed by atoms with Crippen LogP contribution in [-0.2, 0) is 18.4 Å². The highest BCUT2D eigenvalue weighted by Crippen LogP contribution is 2.38. The second-order valence-corrected chi connectivity index (χ2v) is 17.4. The predicted molar refractivity (Wildman–Crippen MR) is 212 cm³/mol. The van der Waals surface area contributed by atoms with E-state index in [9.17, 15) is 34.7 Å². The Bertz CT molecular complexity index is 1080. The molecule has 1 aliphatic rings. The summed E-state index contributed by atoms with van der Waals surface area (Å²) in [6.07, 6.45) is 25.7. The van der Waals surface area contributed by atoms with Gasteiger partial charge in [-0.1, -0.05) is 121 Å². The highest BCUT2D eigenvalue weighted by Gasteiger charge is 2.39. The molecule has 11 nitrogen and oxygen atoms in total. The van der Waals surface area contributed by atoms with Crippen LogP contribution in [0.2, 0.25) is 0 Å². The van der Waals surface area contributed by atoms with Crippen molar-refractivity contribution < 1.29 is 48.2 Å². The van der Waals surface area contributed by atoms with E-state index in [1.165, 1.54) is 44.9 Å². The number of hydrogen-bond donors (Lipinski definition) is 5. The number of nitrogens with one attached hydrogen (secondary N) is 1. The van der Waals surface area contributed by atoms with Gasteiger partial charge < -0.3 is 44.2 Å². The number of quaternary nitrogens is 1. The SMILES string of the molecule is CCCCCCCCCCC/C=C/[C@@H](O)[C@H](COP(=O)([O-])OCC[N+](C)(C)C)NC(=O)CCC/C=C/C[C@@H]1[C@@H](/C=C/[C@@H](O)CCCCC)[C@H](O)C[C@@H]1O. The van der Waals surface area contributed by atoms with Gasteiger partial charge in [-0.25, -0.2) is 0 Å². The Morgan fingerprint density at radius 1 is 0.849 bits per heavy atom. The van der Waals surface area contributed by atoms with Crippen molar-refractivity contribution in [1.29, 1.82) is 0 Å². The monoisotopic (exact) mass is 773 g/mol. The average molecular weight is 773 g/mol. The van der Waals surface area contributed by atoms with Crippen molar-refractivity contribution in [3.05, 3.63) is 36.5 Å². The van der Waals surface area contributed by atoms with Crippen LogP contribution in [-0.4, -0.2) is 102 Å². The predicted octanol–water partition coefficient (Wildman–Crippen LogP) is 6.49. The lowest BCUT2D eigenvalue weighted by Gasteiger charge is -2.29. The van der Waals surface area contributed by atoms with E-state index in [-0.39, 0.29) is 30.8 Å². The maximum atomic E-state index is 12.9. The quantitative estimate of drug-likeness (QED) is 0.0222. The number of hydrogen-bond acceptors (Lipinski definition) is 9. The fourth-order valence-electron chi connectivity index (χ4n) is 6.50. The first kappa shape index (κ1) is 49.6. The summed E-state index contributed by atoms with van der Waals surface area (Å²) in [5, 5.41) is 45.0. The number of amides is 1. The van der Waals surface area contributed by atoms with E-state index in [0.717, 1.165) is 38.5 Å². The van der Waals surface area contributed by atoms with E-state index in [1.54, 1.807) is 12.2 Å². The summed E-state index contributed by atoms with van der Waals surface area (Å²) < 4.78 is 23.1. The Hall–Kier alpha value is -1.40. The fraction of sp³-hybridized carbons (Fsp3) is 0.829. The largest absolute Gasteiger partial charge is 0.756 e. The van der Waals surface area contributed by atoms with E-state index in [2.05, 4.69) is 19.2 Å². The van der Waals surface area contributed by atoms with Gasteiger partial charge in [0.1, 0.15) is 13.2 Å². The molecule has 0 aliphatic heterocycles. The third kappa shape index (κ3) is 25.4. The van der Waals surface area contributed by atoms with Crippen LogP contribution < -0.4 is 10.2 Å². The lowest BCUT2D eigenvalue weighted by Crippen LogP contribution is -2.45. The van der Waals surface area contributed by atoms with Gasteiger partial charge in [0, 0.05) is 18.8 Å². The van der Waals surface area contributed by atoms with E-state index < -0.39 is 44.9 Å². The number of carbonyl (C=O) groups is 1. The van der Waals surface area contributed by atoms with Crippen molar-refractivity contribution in [2.45, 2.75) is 166 Å². The molecule has 12 heteroatoms. The summed E-state index contributed by atoms with van der Waals surface area (Å²) in [6, 6.07) is -0.980. The third-order valence-electron chi connectivity index (χ3n) is 9.91. The number of allylic oxidation sites excluding steroid dienone is 3. The number of aliphatic hydroxyl groups is 4. The molecule has 1 unspecified atom stereocenters. The number of phosphoric ester groups is 1. The number of carbonyl (C=O) groups excluding carboxylic acids is 1. The van der Waals surface area contributed by atoms with Crippen molar-refractivity contribution in [1.82, 2.24) is 5.32 Å². The molecule has 1 rings (SSSR count). The first-order chi connectivity index (χ1) is 25.2. The summed E-state index contributed by atoms with van der Waals surface area (Å²) in [6.45, 7) is 4.29. The second-order valence-electron chi connectivity index (χ2n) is 16.0. The molecule has 0 bridgehead atoms. The standard InChI is InChI=1S/C41H77N2O9P/c1-6-8-10-11-12-13-14-15-16-17-22-26-38(45)37(33-52-53(49,50)51-31-30-43(3,4)5)42-41(48)27-23-19-18-21-25-35-36(40(47)32-39(35)46)29-28-34(44)24-20-9-7-2/h18,21-22,26,28-29,34-40,44-47H,6-17,19-20,23-25,27,30-33H2,1-5H3,(H-,42,48,49,50)/b21-18+,26-22+,29-28+/t34-,35+,36+,37-,38+,39-,40+/m0/s1. The summed E-state index contributed by atoms with van der Waals surface area (Å²) in [7, 11) is 1.10. The van der Waals surface area contributed by atoms with Crippen molar-refractivity contribution >= 4 is 13.7 Å². The lowest BCUT2D eigenvalue weighted by atomic mass is 9.89. The molecule has 1 aliphatic carbocycles. The molecule has 0 heterocycles. The van der Waals surface area contributed by atoms with Crippen LogP contribution in [0, 0.1) is 11.8 Å². The fourth-order valence-corrected chi connectivity index (χ4v) is 7.22. The smallest absolute Gasteiger partial charge is 0.268 e. The zero-order valence-electron chi connectivity index (χ0n) is 33.8. The Labute approximate surface area is 322 Å². The minimum Gasteiger partial charge on any atom is -0.756 e. The molecular formula is C41H77N2O9P. The third-order valence-corrected chi connectivity index (χ3v) is 10.9. The van der Waals surface area contributed by atoms with Crippen LogP contribution in [0.25, 0.3) is 0 Å². The zero-order valence-corrected chi connectivity index (χ0v) is 34.7. The van der Waals surface area contributed by atoms with E-state index in [4.69, 9.17) is 9.05 Å². The highest BCUT2D eigenvalue weighted by atomic mass is 31.2. The van der Waals surface area contributed by atoms with Crippen LogP contribution >= 0.6 is 7.82 Å². The number of rotatable bonds is 32. The maximum Gasteiger partial charge on any atom is 0.268 e. The molecule has 0 aromatic heterocycles. The summed E-state index contributed by atoms with van der Waals surface area (Å²) in [5.41, 5.74) is 0. The van der Waals surface area contributed by atoms with Gasteiger partial charge in [0.15, 0.2) is 0 Å². The van der Waals surface area contributed by atoms with Crippen molar-refractivity contribution in [2.24, 2.45) is 11.8 Å². The lowest BCUT2D eigenvalue weighted by molar-refractivity contribution is -0.870. The van der Waals surface area contributed by atoms with Crippen LogP contribution in [0.3, 0.4) is 0 Å². The molecule has 5 N–H and O–H groups in total. The average Bonchev–Trinajstić information content (AvgIpc) is 3.36. The Morgan fingerprint density at radius 3 is 2.13 bits per heavy atom. The molecule has 0 radical (unpaired) electrons. The van der Waals surface area contributed by atoms with Crippen molar-refractivity contribution in [3.63, 3.8) is 0 Å². The number of nitrogens with zero attached hydrogens (tertiary/aromatic N) is 1. The number of phosphoric acid groups is 1. The topological polar surface area (TPSA) is 169 Å².